The molecule has 0 fully saturated rings. The van der Waals surface area contributed by atoms with E-state index in [-0.39, 0.29) is 0 Å². The third-order valence-electron chi connectivity index (χ3n) is 1.12. The fourth-order valence-electron chi connectivity index (χ4n) is 0.448. The Morgan fingerprint density at radius 2 is 1.91 bits per heavy atom. The fourth-order valence-corrected chi connectivity index (χ4v) is 1.18. The molecule has 64 valence electrons. The molecule has 1 aromatic heterocycles. The number of hydrogen-bond acceptors (Lipinski definition) is 3. The van der Waals surface area contributed by atoms with Gasteiger partial charge in [-0.15, -0.1) is 11.3 Å². The Morgan fingerprint density at radius 3 is 2.00 bits per heavy atom. The molecule has 0 bridgehead atoms. The summed E-state index contributed by atoms with van der Waals surface area (Å²) in [5.41, 5.74) is 1.41. The van der Waals surface area contributed by atoms with Crippen LogP contribution in [0.15, 0.2) is 11.4 Å². The summed E-state index contributed by atoms with van der Waals surface area (Å²) < 4.78 is 17.6. The van der Waals surface area contributed by atoms with Gasteiger partial charge in [0.25, 0.3) is 0 Å². The Balaban J connectivity index is 0.000000218. The van der Waals surface area contributed by atoms with Crippen LogP contribution in [0.5, 0.6) is 0 Å². The smallest absolute Gasteiger partial charge is 0.198 e. The van der Waals surface area contributed by atoms with Crippen molar-refractivity contribution in [2.75, 3.05) is 0 Å². The van der Waals surface area contributed by atoms with Crippen LogP contribution in [0.1, 0.15) is 10.4 Å². The third-order valence-corrected chi connectivity index (χ3v) is 2.07. The van der Waals surface area contributed by atoms with Gasteiger partial charge in [-0.1, -0.05) is 0 Å². The highest BCUT2D eigenvalue weighted by Crippen LogP contribution is 2.12. The summed E-state index contributed by atoms with van der Waals surface area (Å²) in [6, 6.07) is 2.14. The van der Waals surface area contributed by atoms with Gasteiger partial charge in [0.15, 0.2) is 10.9 Å². The second kappa shape index (κ2) is 5.29. The Labute approximate surface area is 71.9 Å². The molecule has 11 heavy (non-hydrogen) atoms. The zero-order valence-electron chi connectivity index (χ0n) is 6.40. The quantitative estimate of drug-likeness (QED) is 0.600. The van der Waals surface area contributed by atoms with Crippen LogP contribution >= 0.6 is 11.3 Å². The zero-order chi connectivity index (χ0) is 8.85. The van der Waals surface area contributed by atoms with Crippen molar-refractivity contribution in [1.82, 2.24) is 0 Å². The maximum atomic E-state index is 8.81. The second-order valence-electron chi connectivity index (χ2n) is 1.95. The average molecular weight is 193 g/mol. The van der Waals surface area contributed by atoms with Crippen molar-refractivity contribution in [1.29, 1.82) is 0 Å². The number of rotatable bonds is 0. The van der Waals surface area contributed by atoms with E-state index in [1.165, 1.54) is 10.4 Å². The lowest BCUT2D eigenvalue weighted by molar-refractivity contribution is 0.616. The lowest BCUT2D eigenvalue weighted by atomic mass is 10.3. The molecule has 0 amide bonds. The van der Waals surface area contributed by atoms with Gasteiger partial charge in [-0.3, -0.25) is 0 Å². The monoisotopic (exact) mass is 193 g/mol. The van der Waals surface area contributed by atoms with Crippen LogP contribution in [0, 0.1) is 13.8 Å². The van der Waals surface area contributed by atoms with E-state index in [9.17, 15) is 0 Å². The molecule has 0 spiro atoms. The van der Waals surface area contributed by atoms with Crippen LogP contribution in [0.3, 0.4) is 0 Å². The first-order valence-corrected chi connectivity index (χ1v) is 5.06. The maximum Gasteiger partial charge on any atom is 0.198 e. The molecular weight excluding hydrogens is 182 g/mol. The van der Waals surface area contributed by atoms with E-state index >= 15 is 0 Å². The van der Waals surface area contributed by atoms with Crippen molar-refractivity contribution in [3.05, 3.63) is 21.9 Å². The van der Waals surface area contributed by atoms with Gasteiger partial charge in [-0.25, -0.2) is 13.6 Å². The van der Waals surface area contributed by atoms with Crippen LogP contribution in [-0.2, 0) is 10.9 Å². The fraction of sp³-hybridized carbons (Fsp3) is 0.333. The Kier molecular flexibility index (Phi) is 5.10. The van der Waals surface area contributed by atoms with E-state index in [2.05, 4.69) is 30.4 Å². The first kappa shape index (κ1) is 10.6. The standard InChI is InChI=1S/C6H8S.H3NO2S/c1-5-3-4-7-6(5)2;1-4(2)3/h3-4H,1-2H3;4H,(H2,1,2,3). The van der Waals surface area contributed by atoms with E-state index in [1.54, 1.807) is 11.3 Å². The number of thiol groups is 1. The molecule has 1 heterocycles. The lowest BCUT2D eigenvalue weighted by Crippen LogP contribution is -1.85. The summed E-state index contributed by atoms with van der Waals surface area (Å²) in [5, 5.41) is 6.18. The number of thiophene rings is 1. The Hall–Kier alpha value is -0.390. The van der Waals surface area contributed by atoms with Gasteiger partial charge in [-0.2, -0.15) is 0 Å². The minimum Gasteiger partial charge on any atom is -0.231 e. The summed E-state index contributed by atoms with van der Waals surface area (Å²) >= 11 is 1.80. The van der Waals surface area contributed by atoms with E-state index < -0.39 is 10.9 Å². The topological polar surface area (TPSA) is 60.2 Å². The van der Waals surface area contributed by atoms with E-state index in [1.807, 2.05) is 0 Å². The minimum atomic E-state index is -2.62. The molecule has 5 heteroatoms. The number of nitrogens with two attached hydrogens (primary N) is 1. The van der Waals surface area contributed by atoms with Gasteiger partial charge < -0.3 is 0 Å². The molecule has 0 saturated carbocycles. The molecule has 0 saturated heterocycles. The highest BCUT2D eigenvalue weighted by atomic mass is 32.2. The molecule has 2 N–H and O–H groups in total. The minimum absolute atomic E-state index is 1.41. The lowest BCUT2D eigenvalue weighted by Gasteiger charge is -1.79. The first-order valence-electron chi connectivity index (χ1n) is 2.94. The van der Waals surface area contributed by atoms with Crippen molar-refractivity contribution in [2.24, 2.45) is 5.14 Å². The molecule has 1 aromatic rings. The molecule has 3 nitrogen and oxygen atoms in total. The van der Waals surface area contributed by atoms with Crippen LogP contribution in [-0.4, -0.2) is 8.42 Å². The molecule has 0 aliphatic carbocycles. The predicted octanol–water partition coefficient (Wildman–Crippen LogP) is 0.836. The van der Waals surface area contributed by atoms with Crippen molar-refractivity contribution in [2.45, 2.75) is 13.8 Å². The normalized spacial score (nSPS) is 9.09. The molecule has 1 rings (SSSR count). The summed E-state index contributed by atoms with van der Waals surface area (Å²) in [4.78, 5) is 1.43. The third kappa shape index (κ3) is 6.03. The van der Waals surface area contributed by atoms with Gasteiger partial charge in [0.1, 0.15) is 0 Å². The van der Waals surface area contributed by atoms with Gasteiger partial charge in [0, 0.05) is 4.88 Å². The van der Waals surface area contributed by atoms with E-state index in [4.69, 9.17) is 8.42 Å². The first-order chi connectivity index (χ1) is 5.04. The SMILES string of the molecule is Cc1ccsc1C.N[SH](=O)=O. The number of hydrogen-bond donors (Lipinski definition) is 2. The van der Waals surface area contributed by atoms with Crippen molar-refractivity contribution >= 4 is 22.2 Å². The van der Waals surface area contributed by atoms with Crippen LogP contribution in [0.4, 0.5) is 0 Å². The Bertz CT molecular complexity index is 253. The summed E-state index contributed by atoms with van der Waals surface area (Å²) in [7, 11) is -2.62. The van der Waals surface area contributed by atoms with E-state index in [0.717, 1.165) is 0 Å². The van der Waals surface area contributed by atoms with Crippen molar-refractivity contribution in [3.8, 4) is 0 Å². The molecule has 0 atom stereocenters. The molecule has 0 aromatic carbocycles. The molecule has 0 radical (unpaired) electrons. The van der Waals surface area contributed by atoms with Crippen LogP contribution < -0.4 is 5.14 Å². The predicted molar refractivity (Wildman–Crippen MR) is 48.3 cm³/mol. The van der Waals surface area contributed by atoms with Gasteiger partial charge >= 0.3 is 0 Å². The highest BCUT2D eigenvalue weighted by molar-refractivity contribution is 7.69. The largest absolute Gasteiger partial charge is 0.231 e. The summed E-state index contributed by atoms with van der Waals surface area (Å²) in [6.07, 6.45) is 0. The summed E-state index contributed by atoms with van der Waals surface area (Å²) in [6.45, 7) is 4.27. The molecule has 0 aliphatic heterocycles. The zero-order valence-corrected chi connectivity index (χ0v) is 8.11. The van der Waals surface area contributed by atoms with Crippen molar-refractivity contribution < 1.29 is 8.42 Å². The Morgan fingerprint density at radius 1 is 1.45 bits per heavy atom. The van der Waals surface area contributed by atoms with Gasteiger partial charge in [0.2, 0.25) is 0 Å². The maximum absolute atomic E-state index is 8.81. The second-order valence-corrected chi connectivity index (χ2v) is 3.64. The van der Waals surface area contributed by atoms with Gasteiger partial charge in [0.05, 0.1) is 0 Å². The molecular formula is C6H11NO2S2. The van der Waals surface area contributed by atoms with Gasteiger partial charge in [-0.05, 0) is 30.9 Å². The van der Waals surface area contributed by atoms with Crippen LogP contribution in [0.2, 0.25) is 0 Å². The highest BCUT2D eigenvalue weighted by Gasteiger charge is 1.87. The number of aryl methyl sites for hydroxylation is 2. The van der Waals surface area contributed by atoms with Crippen LogP contribution in [0.25, 0.3) is 0 Å². The molecule has 0 unspecified atom stereocenters. The molecule has 0 aliphatic rings. The average Bonchev–Trinajstić information content (AvgIpc) is 2.15. The summed E-state index contributed by atoms with van der Waals surface area (Å²) in [5.74, 6) is 0. The van der Waals surface area contributed by atoms with Crippen molar-refractivity contribution in [3.63, 3.8) is 0 Å². The van der Waals surface area contributed by atoms with E-state index in [0.29, 0.717) is 0 Å².